The summed E-state index contributed by atoms with van der Waals surface area (Å²) in [6.07, 6.45) is 15.1. The third-order valence-electron chi connectivity index (χ3n) is 3.59. The maximum atomic E-state index is 12.2. The number of hydrogen-bond acceptors (Lipinski definition) is 3. The van der Waals surface area contributed by atoms with Crippen LogP contribution in [0.25, 0.3) is 24.3 Å². The third-order valence-corrected chi connectivity index (χ3v) is 3.59. The molecule has 1 aliphatic rings. The molecule has 1 heterocycles. The monoisotopic (exact) mass is 308 g/mol. The van der Waals surface area contributed by atoms with Crippen molar-refractivity contribution in [3.05, 3.63) is 57.7 Å². The fourth-order valence-electron chi connectivity index (χ4n) is 2.81. The second-order valence-electron chi connectivity index (χ2n) is 5.08. The second-order valence-corrected chi connectivity index (χ2v) is 5.08. The summed E-state index contributed by atoms with van der Waals surface area (Å²) in [7, 11) is 0. The van der Waals surface area contributed by atoms with E-state index >= 15 is 0 Å². The Morgan fingerprint density at radius 2 is 0.870 bits per heavy atom. The number of benzene rings is 1. The molecule has 1 aliphatic heterocycles. The van der Waals surface area contributed by atoms with E-state index in [0.717, 1.165) is 22.3 Å². The number of fused-ring (bicyclic) bond motifs is 1. The molecule has 0 spiro atoms. The van der Waals surface area contributed by atoms with E-state index in [1.165, 1.54) is 0 Å². The van der Waals surface area contributed by atoms with E-state index in [0.29, 0.717) is 11.1 Å². The Labute approximate surface area is 136 Å². The van der Waals surface area contributed by atoms with Crippen molar-refractivity contribution in [2.45, 2.75) is 27.7 Å². The van der Waals surface area contributed by atoms with Gasteiger partial charge in [0.25, 0.3) is 0 Å². The lowest BCUT2D eigenvalue weighted by Gasteiger charge is -2.14. The SMILES string of the molecule is CC=Cc1c(C=CC)c(C=CC)c2c(c1C=CC)C(=O)OC2=O. The van der Waals surface area contributed by atoms with Gasteiger partial charge < -0.3 is 4.74 Å². The fraction of sp³-hybridized carbons (Fsp3) is 0.200. The van der Waals surface area contributed by atoms with Gasteiger partial charge in [-0.25, -0.2) is 9.59 Å². The number of esters is 2. The van der Waals surface area contributed by atoms with Crippen LogP contribution in [0.15, 0.2) is 24.3 Å². The molecule has 1 aromatic carbocycles. The van der Waals surface area contributed by atoms with Gasteiger partial charge >= 0.3 is 11.9 Å². The number of carbonyl (C=O) groups is 2. The standard InChI is InChI=1S/C20H20O3/c1-5-9-13-14(10-6-2)16(12-8-4)18-17(15(13)11-7-3)19(21)23-20(18)22/h5-12H,1-4H3. The maximum absolute atomic E-state index is 12.2. The van der Waals surface area contributed by atoms with Gasteiger partial charge in [0, 0.05) is 0 Å². The van der Waals surface area contributed by atoms with Crippen molar-refractivity contribution in [2.24, 2.45) is 0 Å². The molecule has 23 heavy (non-hydrogen) atoms. The van der Waals surface area contributed by atoms with Crippen LogP contribution in [0.5, 0.6) is 0 Å². The first-order valence-electron chi connectivity index (χ1n) is 7.61. The smallest absolute Gasteiger partial charge is 0.347 e. The molecule has 0 radical (unpaired) electrons. The molecule has 0 N–H and O–H groups in total. The van der Waals surface area contributed by atoms with Crippen LogP contribution in [-0.2, 0) is 4.74 Å². The van der Waals surface area contributed by atoms with Gasteiger partial charge in [-0.2, -0.15) is 0 Å². The van der Waals surface area contributed by atoms with Gasteiger partial charge in [0.05, 0.1) is 11.1 Å². The molecule has 0 unspecified atom stereocenters. The van der Waals surface area contributed by atoms with Crippen LogP contribution in [0.1, 0.15) is 70.7 Å². The molecule has 0 bridgehead atoms. The number of rotatable bonds is 4. The highest BCUT2D eigenvalue weighted by atomic mass is 16.6. The quantitative estimate of drug-likeness (QED) is 0.572. The van der Waals surface area contributed by atoms with Gasteiger partial charge in [0.15, 0.2) is 0 Å². The van der Waals surface area contributed by atoms with E-state index in [4.69, 9.17) is 4.74 Å². The summed E-state index contributed by atoms with van der Waals surface area (Å²) < 4.78 is 4.88. The molecular weight excluding hydrogens is 288 g/mol. The van der Waals surface area contributed by atoms with Crippen LogP contribution in [0.2, 0.25) is 0 Å². The third kappa shape index (κ3) is 2.82. The largest absolute Gasteiger partial charge is 0.386 e. The van der Waals surface area contributed by atoms with Crippen molar-refractivity contribution >= 4 is 36.2 Å². The van der Waals surface area contributed by atoms with E-state index in [2.05, 4.69) is 0 Å². The van der Waals surface area contributed by atoms with Crippen LogP contribution < -0.4 is 0 Å². The molecule has 0 saturated carbocycles. The minimum Gasteiger partial charge on any atom is -0.386 e. The number of cyclic esters (lactones) is 2. The first-order chi connectivity index (χ1) is 11.1. The predicted molar refractivity (Wildman–Crippen MR) is 95.0 cm³/mol. The maximum Gasteiger partial charge on any atom is 0.347 e. The minimum atomic E-state index is -0.582. The minimum absolute atomic E-state index is 0.350. The lowest BCUT2D eigenvalue weighted by atomic mass is 9.86. The molecule has 0 atom stereocenters. The molecule has 0 saturated heterocycles. The highest BCUT2D eigenvalue weighted by Gasteiger charge is 2.36. The van der Waals surface area contributed by atoms with Crippen LogP contribution >= 0.6 is 0 Å². The van der Waals surface area contributed by atoms with E-state index < -0.39 is 11.9 Å². The topological polar surface area (TPSA) is 43.4 Å². The zero-order valence-electron chi connectivity index (χ0n) is 13.8. The van der Waals surface area contributed by atoms with Gasteiger partial charge in [0.2, 0.25) is 0 Å². The Balaban J connectivity index is 3.08. The van der Waals surface area contributed by atoms with E-state index in [1.54, 1.807) is 0 Å². The number of carbonyl (C=O) groups excluding carboxylic acids is 2. The number of allylic oxidation sites excluding steroid dienone is 4. The van der Waals surface area contributed by atoms with Crippen molar-refractivity contribution in [1.29, 1.82) is 0 Å². The average molecular weight is 308 g/mol. The number of ether oxygens (including phenoxy) is 1. The van der Waals surface area contributed by atoms with Crippen molar-refractivity contribution < 1.29 is 14.3 Å². The molecular formula is C20H20O3. The lowest BCUT2D eigenvalue weighted by Crippen LogP contribution is -2.05. The van der Waals surface area contributed by atoms with E-state index in [9.17, 15) is 9.59 Å². The Morgan fingerprint density at radius 1 is 0.565 bits per heavy atom. The highest BCUT2D eigenvalue weighted by molar-refractivity contribution is 6.19. The molecule has 3 nitrogen and oxygen atoms in total. The van der Waals surface area contributed by atoms with Crippen LogP contribution in [0.3, 0.4) is 0 Å². The molecule has 0 amide bonds. The molecule has 3 heteroatoms. The van der Waals surface area contributed by atoms with Gasteiger partial charge in [-0.1, -0.05) is 48.6 Å². The molecule has 0 aliphatic carbocycles. The van der Waals surface area contributed by atoms with Crippen molar-refractivity contribution in [3.63, 3.8) is 0 Å². The van der Waals surface area contributed by atoms with Gasteiger partial charge in [-0.3, -0.25) is 0 Å². The normalized spacial score (nSPS) is 14.8. The van der Waals surface area contributed by atoms with E-state index in [-0.39, 0.29) is 0 Å². The summed E-state index contributed by atoms with van der Waals surface area (Å²) in [5.74, 6) is -1.16. The van der Waals surface area contributed by atoms with Crippen molar-refractivity contribution in [2.75, 3.05) is 0 Å². The summed E-state index contributed by atoms with van der Waals surface area (Å²) in [5.41, 5.74) is 3.95. The zero-order valence-corrected chi connectivity index (χ0v) is 13.8. The first-order valence-corrected chi connectivity index (χ1v) is 7.61. The summed E-state index contributed by atoms with van der Waals surface area (Å²) in [6.45, 7) is 7.60. The van der Waals surface area contributed by atoms with Crippen LogP contribution in [0, 0.1) is 0 Å². The summed E-state index contributed by atoms with van der Waals surface area (Å²) in [4.78, 5) is 24.4. The molecule has 118 valence electrons. The molecule has 1 aromatic rings. The first kappa shape index (κ1) is 16.7. The lowest BCUT2D eigenvalue weighted by molar-refractivity contribution is 0.0443. The van der Waals surface area contributed by atoms with Crippen molar-refractivity contribution in [3.8, 4) is 0 Å². The Kier molecular flexibility index (Phi) is 5.12. The van der Waals surface area contributed by atoms with Crippen LogP contribution in [0.4, 0.5) is 0 Å². The predicted octanol–water partition coefficient (Wildman–Crippen LogP) is 5.13. The Bertz CT molecular complexity index is 710. The summed E-state index contributed by atoms with van der Waals surface area (Å²) >= 11 is 0. The molecule has 0 aromatic heterocycles. The van der Waals surface area contributed by atoms with Gasteiger partial charge in [0.1, 0.15) is 0 Å². The molecule has 2 rings (SSSR count). The van der Waals surface area contributed by atoms with Crippen LogP contribution in [-0.4, -0.2) is 11.9 Å². The zero-order chi connectivity index (χ0) is 17.0. The summed E-state index contributed by atoms with van der Waals surface area (Å²) in [5, 5.41) is 0. The Hall–Kier alpha value is -2.68. The second kappa shape index (κ2) is 7.05. The van der Waals surface area contributed by atoms with E-state index in [1.807, 2.05) is 76.3 Å². The Morgan fingerprint density at radius 3 is 1.17 bits per heavy atom. The fourth-order valence-corrected chi connectivity index (χ4v) is 2.81. The van der Waals surface area contributed by atoms with Gasteiger partial charge in [-0.15, -0.1) is 0 Å². The highest BCUT2D eigenvalue weighted by Crippen LogP contribution is 2.36. The number of hydrogen-bond donors (Lipinski definition) is 0. The van der Waals surface area contributed by atoms with Gasteiger partial charge in [-0.05, 0) is 49.9 Å². The van der Waals surface area contributed by atoms with Crippen molar-refractivity contribution in [1.82, 2.24) is 0 Å². The molecule has 0 fully saturated rings. The average Bonchev–Trinajstić information content (AvgIpc) is 2.81. The summed E-state index contributed by atoms with van der Waals surface area (Å²) in [6, 6.07) is 0.